The number of hydrogen-bond acceptors (Lipinski definition) is 4. The highest BCUT2D eigenvalue weighted by Crippen LogP contribution is 2.54. The highest BCUT2D eigenvalue weighted by molar-refractivity contribution is 5.89. The van der Waals surface area contributed by atoms with Gasteiger partial charge < -0.3 is 14.2 Å². The van der Waals surface area contributed by atoms with Crippen molar-refractivity contribution in [3.63, 3.8) is 0 Å². The number of carbonyl (C=O) groups excluding carboxylic acids is 1. The van der Waals surface area contributed by atoms with Crippen LogP contribution in [0.3, 0.4) is 0 Å². The molecule has 1 aromatic carbocycles. The summed E-state index contributed by atoms with van der Waals surface area (Å²) >= 11 is 0. The van der Waals surface area contributed by atoms with Gasteiger partial charge in [0, 0.05) is 18.9 Å². The number of methoxy groups -OCH3 is 1. The predicted molar refractivity (Wildman–Crippen MR) is 115 cm³/mol. The number of rotatable bonds is 9. The zero-order chi connectivity index (χ0) is 21.0. The van der Waals surface area contributed by atoms with Crippen LogP contribution in [-0.4, -0.2) is 37.5 Å². The summed E-state index contributed by atoms with van der Waals surface area (Å²) < 4.78 is 18.2. The van der Waals surface area contributed by atoms with Gasteiger partial charge in [0.25, 0.3) is 0 Å². The largest absolute Gasteiger partial charge is 0.456 e. The van der Waals surface area contributed by atoms with Gasteiger partial charge in [0.2, 0.25) is 0 Å². The molecule has 1 aliphatic heterocycles. The standard InChI is InChI=1S/C25H38O4/c1-6-19-15-25(16-28-25)21(18(4)12-10-11-17(2)3)23(27-5)22(19)29-24(26)20-13-8-7-9-14-20/h7-9,13-14,17-19,21-23H,6,10-12,15-16H2,1-5H3/t18-,19+,21-,22+,23-,25-/m0/s1. The average molecular weight is 403 g/mol. The molecule has 3 rings (SSSR count). The maximum absolute atomic E-state index is 12.8. The number of carbonyl (C=O) groups is 1. The third-order valence-electron chi connectivity index (χ3n) is 6.98. The molecule has 0 N–H and O–H groups in total. The fourth-order valence-corrected chi connectivity index (χ4v) is 5.33. The zero-order valence-electron chi connectivity index (χ0n) is 18.7. The normalized spacial score (nSPS) is 32.3. The first-order valence-electron chi connectivity index (χ1n) is 11.3. The Bertz CT molecular complexity index is 652. The van der Waals surface area contributed by atoms with Crippen molar-refractivity contribution in [2.24, 2.45) is 23.7 Å². The van der Waals surface area contributed by atoms with E-state index in [1.54, 1.807) is 7.11 Å². The van der Waals surface area contributed by atoms with Gasteiger partial charge in [-0.15, -0.1) is 0 Å². The monoisotopic (exact) mass is 402 g/mol. The second-order valence-electron chi connectivity index (χ2n) is 9.49. The molecule has 0 radical (unpaired) electrons. The first kappa shape index (κ1) is 22.3. The molecule has 2 fully saturated rings. The topological polar surface area (TPSA) is 48.1 Å². The van der Waals surface area contributed by atoms with Crippen molar-refractivity contribution in [3.05, 3.63) is 35.9 Å². The van der Waals surface area contributed by atoms with Crippen LogP contribution in [-0.2, 0) is 14.2 Å². The molecule has 0 aromatic heterocycles. The van der Waals surface area contributed by atoms with Crippen molar-refractivity contribution in [1.29, 1.82) is 0 Å². The fraction of sp³-hybridized carbons (Fsp3) is 0.720. The molecule has 1 aromatic rings. The van der Waals surface area contributed by atoms with Crippen molar-refractivity contribution < 1.29 is 19.0 Å². The van der Waals surface area contributed by atoms with E-state index < -0.39 is 0 Å². The number of ether oxygens (including phenoxy) is 3. The van der Waals surface area contributed by atoms with E-state index >= 15 is 0 Å². The first-order chi connectivity index (χ1) is 13.9. The maximum atomic E-state index is 12.8. The Morgan fingerprint density at radius 2 is 1.86 bits per heavy atom. The second kappa shape index (κ2) is 9.61. The van der Waals surface area contributed by atoms with Gasteiger partial charge in [-0.05, 0) is 36.8 Å². The SMILES string of the molecule is CC[C@@H]1C[C@]2(CO2)[C@@H]([C@@H](C)CCCC(C)C)[C@H](OC)[C@@H]1OC(=O)c1ccccc1. The maximum Gasteiger partial charge on any atom is 0.338 e. The van der Waals surface area contributed by atoms with Gasteiger partial charge in [-0.1, -0.05) is 65.2 Å². The van der Waals surface area contributed by atoms with Gasteiger partial charge in [-0.2, -0.15) is 0 Å². The molecule has 1 heterocycles. The van der Waals surface area contributed by atoms with Gasteiger partial charge in [0.05, 0.1) is 17.8 Å². The van der Waals surface area contributed by atoms with Crippen molar-refractivity contribution in [1.82, 2.24) is 0 Å². The van der Waals surface area contributed by atoms with E-state index in [9.17, 15) is 4.79 Å². The Kier molecular flexibility index (Phi) is 7.39. The number of benzene rings is 1. The summed E-state index contributed by atoms with van der Waals surface area (Å²) in [4.78, 5) is 12.8. The molecule has 1 spiro atoms. The van der Waals surface area contributed by atoms with E-state index in [2.05, 4.69) is 27.7 Å². The molecule has 162 valence electrons. The first-order valence-corrected chi connectivity index (χ1v) is 11.3. The third kappa shape index (κ3) is 5.03. The highest BCUT2D eigenvalue weighted by atomic mass is 16.6. The molecule has 4 heteroatoms. The van der Waals surface area contributed by atoms with Crippen LogP contribution in [0.5, 0.6) is 0 Å². The molecule has 0 unspecified atom stereocenters. The molecule has 0 bridgehead atoms. The lowest BCUT2D eigenvalue weighted by Crippen LogP contribution is -2.56. The van der Waals surface area contributed by atoms with Gasteiger partial charge in [-0.25, -0.2) is 4.79 Å². The lowest BCUT2D eigenvalue weighted by atomic mass is 9.64. The van der Waals surface area contributed by atoms with Gasteiger partial charge in [0.15, 0.2) is 0 Å². The fourth-order valence-electron chi connectivity index (χ4n) is 5.33. The van der Waals surface area contributed by atoms with Crippen molar-refractivity contribution in [3.8, 4) is 0 Å². The minimum absolute atomic E-state index is 0.0890. The van der Waals surface area contributed by atoms with E-state index in [1.165, 1.54) is 12.8 Å². The average Bonchev–Trinajstić information content (AvgIpc) is 3.48. The smallest absolute Gasteiger partial charge is 0.338 e. The Morgan fingerprint density at radius 1 is 1.17 bits per heavy atom. The molecule has 2 aliphatic rings. The molecule has 1 saturated carbocycles. The van der Waals surface area contributed by atoms with Crippen LogP contribution < -0.4 is 0 Å². The summed E-state index contributed by atoms with van der Waals surface area (Å²) in [5, 5.41) is 0. The summed E-state index contributed by atoms with van der Waals surface area (Å²) in [7, 11) is 1.76. The highest BCUT2D eigenvalue weighted by Gasteiger charge is 2.63. The number of epoxide rings is 1. The van der Waals surface area contributed by atoms with Crippen LogP contribution in [0.1, 0.15) is 70.2 Å². The van der Waals surface area contributed by atoms with Gasteiger partial charge in [0.1, 0.15) is 12.2 Å². The number of esters is 1. The zero-order valence-corrected chi connectivity index (χ0v) is 18.7. The van der Waals surface area contributed by atoms with Crippen LogP contribution in [0.25, 0.3) is 0 Å². The quantitative estimate of drug-likeness (QED) is 0.404. The lowest BCUT2D eigenvalue weighted by Gasteiger charge is -2.47. The summed E-state index contributed by atoms with van der Waals surface area (Å²) in [6.07, 6.45) is 5.16. The minimum Gasteiger partial charge on any atom is -0.456 e. The van der Waals surface area contributed by atoms with Crippen molar-refractivity contribution >= 4 is 5.97 Å². The van der Waals surface area contributed by atoms with E-state index in [1.807, 2.05) is 30.3 Å². The molecular formula is C25H38O4. The summed E-state index contributed by atoms with van der Waals surface area (Å²) in [5.74, 6) is 1.46. The van der Waals surface area contributed by atoms with E-state index in [0.29, 0.717) is 11.5 Å². The van der Waals surface area contributed by atoms with Gasteiger partial charge in [-0.3, -0.25) is 0 Å². The van der Waals surface area contributed by atoms with E-state index in [-0.39, 0.29) is 35.6 Å². The molecule has 6 atom stereocenters. The van der Waals surface area contributed by atoms with Crippen LogP contribution in [0.4, 0.5) is 0 Å². The summed E-state index contributed by atoms with van der Waals surface area (Å²) in [5.41, 5.74) is 0.510. The van der Waals surface area contributed by atoms with Crippen molar-refractivity contribution in [2.75, 3.05) is 13.7 Å². The van der Waals surface area contributed by atoms with Crippen molar-refractivity contribution in [2.45, 2.75) is 77.6 Å². The van der Waals surface area contributed by atoms with E-state index in [4.69, 9.17) is 14.2 Å². The molecule has 29 heavy (non-hydrogen) atoms. The molecule has 1 aliphatic carbocycles. The van der Waals surface area contributed by atoms with E-state index in [0.717, 1.165) is 31.8 Å². The minimum atomic E-state index is -0.255. The Morgan fingerprint density at radius 3 is 2.41 bits per heavy atom. The molecule has 4 nitrogen and oxygen atoms in total. The van der Waals surface area contributed by atoms with Gasteiger partial charge >= 0.3 is 5.97 Å². The second-order valence-corrected chi connectivity index (χ2v) is 9.49. The summed E-state index contributed by atoms with van der Waals surface area (Å²) in [6, 6.07) is 9.27. The Labute approximate surface area is 176 Å². The Hall–Kier alpha value is -1.39. The van der Waals surface area contributed by atoms with Crippen LogP contribution in [0, 0.1) is 23.7 Å². The predicted octanol–water partition coefficient (Wildman–Crippen LogP) is 5.50. The van der Waals surface area contributed by atoms with Crippen LogP contribution in [0.15, 0.2) is 30.3 Å². The summed E-state index contributed by atoms with van der Waals surface area (Å²) in [6.45, 7) is 9.85. The molecule has 0 amide bonds. The lowest BCUT2D eigenvalue weighted by molar-refractivity contribution is -0.141. The van der Waals surface area contributed by atoms with Crippen LogP contribution >= 0.6 is 0 Å². The molecular weight excluding hydrogens is 364 g/mol. The number of hydrogen-bond donors (Lipinski definition) is 0. The molecule has 1 saturated heterocycles. The van der Waals surface area contributed by atoms with Crippen LogP contribution in [0.2, 0.25) is 0 Å². The Balaban J connectivity index is 1.78. The third-order valence-corrected chi connectivity index (χ3v) is 6.98.